The summed E-state index contributed by atoms with van der Waals surface area (Å²) in [5.41, 5.74) is 10.2. The third-order valence-electron chi connectivity index (χ3n) is 23.7. The zero-order valence-electron chi connectivity index (χ0n) is 83.6. The van der Waals surface area contributed by atoms with Gasteiger partial charge in [-0.25, -0.2) is 28.6 Å². The van der Waals surface area contributed by atoms with Gasteiger partial charge in [0.05, 0.1) is 90.7 Å². The van der Waals surface area contributed by atoms with E-state index in [0.717, 1.165) is 97.8 Å². The maximum Gasteiger partial charge on any atom is 0.490 e. The van der Waals surface area contributed by atoms with Crippen LogP contribution in [-0.4, -0.2) is 231 Å². The molecule has 14 rings (SSSR count). The number of fused-ring (bicyclic) bond motifs is 1. The molecule has 138 heavy (non-hydrogen) atoms. The van der Waals surface area contributed by atoms with Crippen LogP contribution in [0.25, 0.3) is 16.5 Å². The van der Waals surface area contributed by atoms with Crippen LogP contribution in [0, 0.1) is 27.4 Å². The first-order valence-corrected chi connectivity index (χ1v) is 49.0. The van der Waals surface area contributed by atoms with Gasteiger partial charge in [0, 0.05) is 108 Å². The number of nitrogens with one attached hydrogen (secondary N) is 2. The molecule has 5 N–H and O–H groups in total. The predicted octanol–water partition coefficient (Wildman–Crippen LogP) is 21.5. The van der Waals surface area contributed by atoms with Crippen molar-refractivity contribution in [3.8, 4) is 28.7 Å². The van der Waals surface area contributed by atoms with Gasteiger partial charge >= 0.3 is 31.5 Å². The van der Waals surface area contributed by atoms with Crippen LogP contribution in [0.3, 0.4) is 0 Å². The third-order valence-corrected chi connectivity index (χ3v) is 25.7. The summed E-state index contributed by atoms with van der Waals surface area (Å²) in [5.74, 6) is 5.36. The smallest absolute Gasteiger partial charge is 0.490 e. The molecule has 1 aromatic heterocycles. The molecule has 7 aromatic rings. The van der Waals surface area contributed by atoms with Crippen molar-refractivity contribution in [2.75, 3.05) is 132 Å². The number of alkyl halides is 1. The molecule has 4 saturated heterocycles. The molecule has 7 heterocycles. The van der Waals surface area contributed by atoms with Gasteiger partial charge in [0.1, 0.15) is 57.0 Å². The molecule has 0 spiro atoms. The quantitative estimate of drug-likeness (QED) is 0.0174. The number of likely N-dealkylation sites (tertiary alicyclic amines) is 2. The Morgan fingerprint density at radius 3 is 1.38 bits per heavy atom. The molecule has 5 fully saturated rings. The van der Waals surface area contributed by atoms with Crippen molar-refractivity contribution in [1.29, 1.82) is 0 Å². The van der Waals surface area contributed by atoms with E-state index in [1.807, 2.05) is 159 Å². The lowest BCUT2D eigenvalue weighted by Gasteiger charge is -2.34. The number of piperidine rings is 3. The van der Waals surface area contributed by atoms with Crippen molar-refractivity contribution in [2.24, 2.45) is 0 Å². The molecule has 0 radical (unpaired) electrons. The van der Waals surface area contributed by atoms with Crippen molar-refractivity contribution >= 4 is 144 Å². The van der Waals surface area contributed by atoms with Crippen LogP contribution in [0.15, 0.2) is 136 Å². The number of benzene rings is 6. The van der Waals surface area contributed by atoms with Crippen LogP contribution in [0.2, 0.25) is 0 Å². The molecule has 38 heteroatoms. The van der Waals surface area contributed by atoms with Crippen LogP contribution in [0.4, 0.5) is 46.3 Å². The van der Waals surface area contributed by atoms with Gasteiger partial charge in [-0.3, -0.25) is 25.0 Å². The van der Waals surface area contributed by atoms with Gasteiger partial charge in [-0.2, -0.15) is 0 Å². The summed E-state index contributed by atoms with van der Waals surface area (Å²) in [7, 11) is 9.59. The molecule has 1 saturated carbocycles. The largest absolute Gasteiger partial charge is 0.496 e. The number of anilines is 2. The molecular weight excluding hydrogens is 2090 g/mol. The molecule has 6 aromatic carbocycles. The van der Waals surface area contributed by atoms with Gasteiger partial charge in [0.2, 0.25) is 0 Å². The van der Waals surface area contributed by atoms with Gasteiger partial charge < -0.3 is 97.6 Å². The number of aliphatic hydroxyl groups is 1. The molecule has 758 valence electrons. The Kier molecular flexibility index (Phi) is 42.9. The number of halogens is 5. The molecule has 1 aliphatic carbocycles. The second-order valence-corrected chi connectivity index (χ2v) is 42.5. The summed E-state index contributed by atoms with van der Waals surface area (Å²) >= 11 is 7.81. The Morgan fingerprint density at radius 1 is 0.565 bits per heavy atom. The number of ether oxygens (including phenoxy) is 9. The number of H-pyrrole nitrogens is 1. The summed E-state index contributed by atoms with van der Waals surface area (Å²) in [6.07, 6.45) is 11.2. The number of hydrogen-bond donors (Lipinski definition) is 4. The number of hydrogen-bond acceptors (Lipinski definition) is 25. The van der Waals surface area contributed by atoms with Crippen LogP contribution < -0.4 is 45.2 Å². The molecule has 7 aliphatic rings. The van der Waals surface area contributed by atoms with E-state index >= 15 is 0 Å². The highest BCUT2D eigenvalue weighted by Gasteiger charge is 2.53. The minimum atomic E-state index is -1.44. The Morgan fingerprint density at radius 2 is 0.978 bits per heavy atom. The Bertz CT molecular complexity index is 5300. The molecule has 32 nitrogen and oxygen atoms in total. The van der Waals surface area contributed by atoms with Crippen molar-refractivity contribution in [3.63, 3.8) is 0 Å². The zero-order valence-corrected chi connectivity index (χ0v) is 90.3. The van der Waals surface area contributed by atoms with Crippen LogP contribution >= 0.6 is 73.5 Å². The van der Waals surface area contributed by atoms with E-state index in [0.29, 0.717) is 115 Å². The van der Waals surface area contributed by atoms with Gasteiger partial charge in [-0.1, -0.05) is 30.4 Å². The van der Waals surface area contributed by atoms with Crippen LogP contribution in [-0.2, 0) is 33.9 Å². The number of amides is 4. The summed E-state index contributed by atoms with van der Waals surface area (Å²) in [5, 5.41) is 33.9. The lowest BCUT2D eigenvalue weighted by atomic mass is 9.75. The molecule has 0 unspecified atom stereocenters. The number of aliphatic hydroxyl groups excluding tert-OH is 1. The number of aromatic amines is 1. The lowest BCUT2D eigenvalue weighted by Crippen LogP contribution is -2.41. The van der Waals surface area contributed by atoms with E-state index in [1.54, 1.807) is 65.2 Å². The minimum absolute atomic E-state index is 0. The Balaban J connectivity index is 0.000000221. The topological polar surface area (TPSA) is 376 Å². The normalized spacial score (nSPS) is 16.8. The number of nitrogens with zero attached hydrogens (tertiary/aromatic N) is 8. The monoisotopic (exact) mass is 2230 g/mol. The standard InChI is InChI=1S/C17H24INO3.C17H22N2O5.C17H26N2O3.C16H28BNO4.C14H16FN3O2.C12H16INO.C7H6BrNO3.ClH/c1-17(2,3)22-16(20)19-9-7-12(8-10-19)14-6-5-13(18)11-15(14)21-4;1-17(2,3)24-16(20)18-9-7-12(8-10-18)14-6-5-13(19(21)22)11-15(14)23-4;1-17(2,3)22-16(20)19-9-7-12(8-10-19)14-6-5-13(18)11-15(14)21-4;1-14(2,3)20-13(19)18-10-8-12(9-11-18)17-21-15(4,5)16(6,7)22-17;1-18(6-7-19)9-2-3-11-10(8-9)12(20)17-13(16-11)14(15)4-5-14;1-15-12-8-10(13)2-3-11(12)9-4-6-14-7-5-9;1-12-7-4-5(9(10)11)2-3-6(7)8;/h5-6,11-12H,7-10H2,1-4H3;5-7,11H,8-10H2,1-4H3;5-6,11-12H,7-10,18H2,1-4H3;8H,9-11H2,1-7H3;2-3,8,19H,4-7H2,1H3,(H,16,17,20);2-3,8-9,14H,4-7H2,1H3;2-4H,1H3;1H. The van der Waals surface area contributed by atoms with E-state index in [2.05, 4.69) is 113 Å². The molecule has 0 atom stereocenters. The fourth-order valence-corrected chi connectivity index (χ4v) is 16.8. The van der Waals surface area contributed by atoms with Gasteiger partial charge in [0.25, 0.3) is 16.9 Å². The van der Waals surface area contributed by atoms with E-state index < -0.39 is 37.9 Å². The van der Waals surface area contributed by atoms with E-state index in [4.69, 9.17) is 62.8 Å². The average molecular weight is 2230 g/mol. The highest BCUT2D eigenvalue weighted by molar-refractivity contribution is 14.1. The van der Waals surface area contributed by atoms with E-state index in [-0.39, 0.29) is 84.5 Å². The minimum Gasteiger partial charge on any atom is -0.496 e. The van der Waals surface area contributed by atoms with Crippen molar-refractivity contribution in [1.82, 2.24) is 34.9 Å². The first kappa shape index (κ1) is 115. The van der Waals surface area contributed by atoms with Crippen LogP contribution in [0.5, 0.6) is 28.7 Å². The number of non-ortho nitro benzene ring substituents is 2. The number of nitrogens with two attached hydrogens (primary N) is 1. The van der Waals surface area contributed by atoms with Gasteiger partial charge in [-0.05, 0) is 355 Å². The first-order chi connectivity index (χ1) is 64.2. The number of nitro groups is 2. The zero-order chi connectivity index (χ0) is 101. The molecular formula is C100H139BBrClFI2N11O21. The second kappa shape index (κ2) is 51.3. The Hall–Kier alpha value is -9.52. The second-order valence-electron chi connectivity index (χ2n) is 39.2. The Labute approximate surface area is 853 Å². The predicted molar refractivity (Wildman–Crippen MR) is 559 cm³/mol. The number of nitrogen functional groups attached to an aromatic ring is 1. The maximum absolute atomic E-state index is 14.0. The fraction of sp³-hybridized carbons (Fsp3) is 0.540. The van der Waals surface area contributed by atoms with Gasteiger partial charge in [0.15, 0.2) is 5.67 Å². The number of likely N-dealkylation sites (N-methyl/N-ethyl adjacent to an activating group) is 1. The number of rotatable bonds is 16. The highest BCUT2D eigenvalue weighted by atomic mass is 127. The van der Waals surface area contributed by atoms with E-state index in [9.17, 15) is 48.6 Å². The van der Waals surface area contributed by atoms with Crippen molar-refractivity contribution in [3.05, 3.63) is 197 Å². The number of methoxy groups -OCH3 is 5. The lowest BCUT2D eigenvalue weighted by molar-refractivity contribution is -0.385. The third kappa shape index (κ3) is 34.7. The molecule has 0 bridgehead atoms. The molecule has 4 amide bonds. The number of nitro benzene ring substituents is 2. The van der Waals surface area contributed by atoms with Crippen molar-refractivity contribution < 1.29 is 90.5 Å². The highest BCUT2D eigenvalue weighted by Crippen LogP contribution is 2.48. The summed E-state index contributed by atoms with van der Waals surface area (Å²) in [6.45, 7) is 38.4. The summed E-state index contributed by atoms with van der Waals surface area (Å²) in [4.78, 5) is 96.2. The van der Waals surface area contributed by atoms with Crippen LogP contribution in [0.1, 0.15) is 221 Å². The number of carbonyl (C=O) groups excluding carboxylic acids is 4. The average Bonchev–Trinajstić information content (AvgIpc) is 1.61. The summed E-state index contributed by atoms with van der Waals surface area (Å²) in [6, 6.07) is 32.8. The molecule has 6 aliphatic heterocycles. The van der Waals surface area contributed by atoms with Crippen molar-refractivity contribution in [2.45, 2.75) is 232 Å². The van der Waals surface area contributed by atoms with E-state index in [1.165, 1.54) is 75.2 Å². The number of carbonyl (C=O) groups is 4. The van der Waals surface area contributed by atoms with Gasteiger partial charge in [-0.15, -0.1) is 12.4 Å². The number of aromatic nitrogens is 2. The SMILES string of the molecule is CC(C)(C)OC(=O)N1CC=C(B2OC(C)(C)C(C)(C)O2)CC1.CN(CCO)c1ccc2nc(C3(F)CC3)[nH]c(=O)c2c1.COc1cc(I)ccc1C1CCN(C(=O)OC(C)(C)C)CC1.COc1cc(I)ccc1C1CCNCC1.COc1cc(N)ccc1C1CCN(C(=O)OC(C)(C)C)CC1.COc1cc([N+](=O)[O-])ccc1Br.COc1cc([N+](=O)[O-])ccc1C1=CCN(C(=O)OC(C)(C)C)CC1.Cl. The first-order valence-electron chi connectivity index (χ1n) is 46.0. The summed E-state index contributed by atoms with van der Waals surface area (Å²) < 4.78 is 77.4. The maximum atomic E-state index is 14.0. The fourth-order valence-electron chi connectivity index (χ4n) is 15.5.